The predicted octanol–water partition coefficient (Wildman–Crippen LogP) is 6.88. The third kappa shape index (κ3) is 8.08. The molecule has 0 radical (unpaired) electrons. The van der Waals surface area contributed by atoms with Crippen molar-refractivity contribution in [3.05, 3.63) is 90.0 Å². The Morgan fingerprint density at radius 2 is 2.00 bits per heavy atom. The van der Waals surface area contributed by atoms with Crippen molar-refractivity contribution in [2.75, 3.05) is 17.2 Å². The number of likely N-dealkylation sites (tertiary alicyclic amines) is 1. The first-order chi connectivity index (χ1) is 21.6. The molecule has 1 fully saturated rings. The summed E-state index contributed by atoms with van der Waals surface area (Å²) in [4.78, 5) is 39.9. The molecule has 1 aliphatic rings. The molecule has 1 saturated heterocycles. The highest BCUT2D eigenvalue weighted by Gasteiger charge is 2.31. The van der Waals surface area contributed by atoms with E-state index in [0.29, 0.717) is 51.0 Å². The monoisotopic (exact) mass is 624 g/mol. The van der Waals surface area contributed by atoms with Crippen molar-refractivity contribution in [3.63, 3.8) is 0 Å². The average molecular weight is 625 g/mol. The standard InChI is InChI=1S/C34H33ClN6O4/c1-5-31(42)40-28-19-26-29(17-22(28)11-13-25-10-8-16-41(25)33(43)45-34(2,3)4)37-21-38-32(26)39-23-12-14-30(27(35)18-23)44-20-24-9-6-7-15-36-24/h5-7,9,12,14-15,17-19,21,25H,1,8,10,16,20H2,2-4H3,(H,40,42)(H,37,38,39)/t25-/m0/s1. The minimum Gasteiger partial charge on any atom is -0.486 e. The number of amides is 2. The lowest BCUT2D eigenvalue weighted by atomic mass is 10.1. The van der Waals surface area contributed by atoms with Gasteiger partial charge in [-0.1, -0.05) is 36.1 Å². The van der Waals surface area contributed by atoms with Gasteiger partial charge in [0.2, 0.25) is 5.91 Å². The quantitative estimate of drug-likeness (QED) is 0.169. The van der Waals surface area contributed by atoms with E-state index in [1.165, 1.54) is 12.4 Å². The highest BCUT2D eigenvalue weighted by molar-refractivity contribution is 6.32. The van der Waals surface area contributed by atoms with E-state index in [1.54, 1.807) is 35.4 Å². The number of rotatable bonds is 7. The summed E-state index contributed by atoms with van der Waals surface area (Å²) < 4.78 is 11.4. The first kappa shape index (κ1) is 31.3. The highest BCUT2D eigenvalue weighted by atomic mass is 35.5. The van der Waals surface area contributed by atoms with Crippen molar-refractivity contribution < 1.29 is 19.1 Å². The maximum Gasteiger partial charge on any atom is 0.411 e. The molecule has 0 bridgehead atoms. The molecule has 0 spiro atoms. The summed E-state index contributed by atoms with van der Waals surface area (Å²) >= 11 is 6.53. The second-order valence-electron chi connectivity index (χ2n) is 11.3. The Hall–Kier alpha value is -5.14. The smallest absolute Gasteiger partial charge is 0.411 e. The summed E-state index contributed by atoms with van der Waals surface area (Å²) in [6.07, 6.45) is 5.48. The van der Waals surface area contributed by atoms with Crippen molar-refractivity contribution in [3.8, 4) is 17.6 Å². The van der Waals surface area contributed by atoms with Gasteiger partial charge in [-0.25, -0.2) is 14.8 Å². The first-order valence-electron chi connectivity index (χ1n) is 14.4. The maximum atomic E-state index is 12.8. The molecule has 45 heavy (non-hydrogen) atoms. The average Bonchev–Trinajstić information content (AvgIpc) is 3.48. The van der Waals surface area contributed by atoms with Crippen LogP contribution >= 0.6 is 11.6 Å². The van der Waals surface area contributed by atoms with Gasteiger partial charge in [0.05, 0.1) is 33.5 Å². The first-order valence-corrected chi connectivity index (χ1v) is 14.8. The van der Waals surface area contributed by atoms with E-state index in [0.717, 1.165) is 18.5 Å². The Morgan fingerprint density at radius 3 is 2.73 bits per heavy atom. The van der Waals surface area contributed by atoms with Crippen LogP contribution in [0, 0.1) is 11.8 Å². The molecule has 0 saturated carbocycles. The van der Waals surface area contributed by atoms with Gasteiger partial charge in [-0.05, 0) is 82.2 Å². The topological polar surface area (TPSA) is 119 Å². The van der Waals surface area contributed by atoms with Crippen molar-refractivity contribution in [2.24, 2.45) is 0 Å². The summed E-state index contributed by atoms with van der Waals surface area (Å²) in [6, 6.07) is 14.2. The molecule has 11 heteroatoms. The van der Waals surface area contributed by atoms with Crippen LogP contribution in [0.5, 0.6) is 5.75 Å². The second-order valence-corrected chi connectivity index (χ2v) is 11.7. The largest absolute Gasteiger partial charge is 0.486 e. The summed E-state index contributed by atoms with van der Waals surface area (Å²) in [5, 5.41) is 7.18. The van der Waals surface area contributed by atoms with Gasteiger partial charge in [-0.15, -0.1) is 0 Å². The minimum absolute atomic E-state index is 0.286. The maximum absolute atomic E-state index is 12.8. The molecule has 0 unspecified atom stereocenters. The number of fused-ring (bicyclic) bond motifs is 1. The summed E-state index contributed by atoms with van der Waals surface area (Å²) in [6.45, 7) is 9.92. The van der Waals surface area contributed by atoms with Gasteiger partial charge < -0.3 is 20.1 Å². The highest BCUT2D eigenvalue weighted by Crippen LogP contribution is 2.32. The number of ether oxygens (including phenoxy) is 2. The zero-order chi connectivity index (χ0) is 32.0. The number of aromatic nitrogens is 3. The Morgan fingerprint density at radius 1 is 1.16 bits per heavy atom. The number of carbonyl (C=O) groups excluding carboxylic acids is 2. The number of benzene rings is 2. The molecule has 10 nitrogen and oxygen atoms in total. The molecule has 3 heterocycles. The van der Waals surface area contributed by atoms with Crippen LogP contribution in [0.25, 0.3) is 10.9 Å². The molecule has 230 valence electrons. The fraction of sp³-hybridized carbons (Fsp3) is 0.265. The number of nitrogens with one attached hydrogen (secondary N) is 2. The van der Waals surface area contributed by atoms with E-state index in [-0.39, 0.29) is 12.6 Å². The molecule has 2 aromatic heterocycles. The van der Waals surface area contributed by atoms with E-state index < -0.39 is 17.6 Å². The van der Waals surface area contributed by atoms with Gasteiger partial charge in [-0.3, -0.25) is 14.7 Å². The molecule has 1 aliphatic heterocycles. The molecule has 5 rings (SSSR count). The second kappa shape index (κ2) is 13.7. The van der Waals surface area contributed by atoms with Gasteiger partial charge in [0.15, 0.2) is 0 Å². The van der Waals surface area contributed by atoms with Crippen molar-refractivity contribution in [1.29, 1.82) is 0 Å². The molecule has 2 N–H and O–H groups in total. The third-order valence-electron chi connectivity index (χ3n) is 6.77. The Balaban J connectivity index is 1.41. The number of hydrogen-bond acceptors (Lipinski definition) is 8. The predicted molar refractivity (Wildman–Crippen MR) is 175 cm³/mol. The summed E-state index contributed by atoms with van der Waals surface area (Å²) in [5.74, 6) is 6.99. The van der Waals surface area contributed by atoms with E-state index in [1.807, 2.05) is 45.0 Å². The Labute approximate surface area is 266 Å². The van der Waals surface area contributed by atoms with Crippen LogP contribution in [0.1, 0.15) is 44.9 Å². The van der Waals surface area contributed by atoms with E-state index in [2.05, 4.69) is 44.0 Å². The van der Waals surface area contributed by atoms with Crippen LogP contribution in [0.2, 0.25) is 5.02 Å². The van der Waals surface area contributed by atoms with Gasteiger partial charge in [0, 0.05) is 23.8 Å². The van der Waals surface area contributed by atoms with Crippen molar-refractivity contribution in [2.45, 2.75) is 51.9 Å². The Bertz CT molecular complexity index is 1800. The number of pyridine rings is 1. The molecule has 0 aliphatic carbocycles. The van der Waals surface area contributed by atoms with Crippen molar-refractivity contribution >= 4 is 51.7 Å². The molecule has 4 aromatic rings. The summed E-state index contributed by atoms with van der Waals surface area (Å²) in [5.41, 5.74) is 2.45. The van der Waals surface area contributed by atoms with E-state index >= 15 is 0 Å². The van der Waals surface area contributed by atoms with Gasteiger partial charge >= 0.3 is 6.09 Å². The van der Waals surface area contributed by atoms with E-state index in [4.69, 9.17) is 21.1 Å². The fourth-order valence-corrected chi connectivity index (χ4v) is 4.91. The molecule has 1 atom stereocenters. The zero-order valence-electron chi connectivity index (χ0n) is 25.3. The summed E-state index contributed by atoms with van der Waals surface area (Å²) in [7, 11) is 0. The van der Waals surface area contributed by atoms with Crippen LogP contribution in [-0.4, -0.2) is 50.0 Å². The fourth-order valence-electron chi connectivity index (χ4n) is 4.68. The van der Waals surface area contributed by atoms with Gasteiger partial charge in [-0.2, -0.15) is 0 Å². The van der Waals surface area contributed by atoms with Gasteiger partial charge in [0.25, 0.3) is 0 Å². The molecule has 2 amide bonds. The van der Waals surface area contributed by atoms with Crippen LogP contribution in [0.4, 0.5) is 22.0 Å². The SMILES string of the molecule is C=CC(=O)Nc1cc2c(Nc3ccc(OCc4ccccn4)c(Cl)c3)ncnc2cc1C#C[C@@H]1CCCN1C(=O)OC(C)(C)C. The van der Waals surface area contributed by atoms with Crippen LogP contribution < -0.4 is 15.4 Å². The third-order valence-corrected chi connectivity index (χ3v) is 7.06. The number of carbonyl (C=O) groups is 2. The normalized spacial score (nSPS) is 14.3. The number of halogens is 1. The molecule has 2 aromatic carbocycles. The minimum atomic E-state index is -0.606. The number of nitrogens with zero attached hydrogens (tertiary/aromatic N) is 4. The van der Waals surface area contributed by atoms with Gasteiger partial charge in [0.1, 0.15) is 30.1 Å². The lowest BCUT2D eigenvalue weighted by Crippen LogP contribution is -2.39. The van der Waals surface area contributed by atoms with Crippen LogP contribution in [-0.2, 0) is 16.1 Å². The number of hydrogen-bond donors (Lipinski definition) is 2. The Kier molecular flexibility index (Phi) is 9.50. The zero-order valence-corrected chi connectivity index (χ0v) is 26.0. The number of anilines is 3. The molecular formula is C34H33ClN6O4. The lowest BCUT2D eigenvalue weighted by molar-refractivity contribution is -0.111. The van der Waals surface area contributed by atoms with Crippen molar-refractivity contribution in [1.82, 2.24) is 19.9 Å². The van der Waals surface area contributed by atoms with Crippen LogP contribution in [0.15, 0.2) is 73.7 Å². The molecular weight excluding hydrogens is 592 g/mol. The lowest BCUT2D eigenvalue weighted by Gasteiger charge is -2.26. The van der Waals surface area contributed by atoms with Crippen LogP contribution in [0.3, 0.4) is 0 Å². The van der Waals surface area contributed by atoms with E-state index in [9.17, 15) is 9.59 Å².